The fraction of sp³-hybridized carbons (Fsp3) is 0.818. The Morgan fingerprint density at radius 1 is 1.33 bits per heavy atom. The molecule has 4 heteroatoms. The third-order valence-electron chi connectivity index (χ3n) is 2.11. The van der Waals surface area contributed by atoms with Crippen LogP contribution in [0.1, 0.15) is 33.1 Å². The van der Waals surface area contributed by atoms with Gasteiger partial charge in [-0.3, -0.25) is 9.59 Å². The number of amides is 1. The summed E-state index contributed by atoms with van der Waals surface area (Å²) >= 11 is 0. The largest absolute Gasteiger partial charge is 0.469 e. The van der Waals surface area contributed by atoms with E-state index in [1.807, 2.05) is 13.8 Å². The normalized spacial score (nSPS) is 10.2. The van der Waals surface area contributed by atoms with E-state index in [-0.39, 0.29) is 11.9 Å². The van der Waals surface area contributed by atoms with Crippen molar-refractivity contribution in [1.82, 2.24) is 4.90 Å². The Bertz CT molecular complexity index is 214. The zero-order chi connectivity index (χ0) is 11.8. The maximum atomic E-state index is 11.5. The summed E-state index contributed by atoms with van der Waals surface area (Å²) in [5, 5.41) is 0. The molecule has 0 aromatic rings. The van der Waals surface area contributed by atoms with Gasteiger partial charge >= 0.3 is 5.97 Å². The van der Waals surface area contributed by atoms with Crippen LogP contribution in [0.4, 0.5) is 0 Å². The summed E-state index contributed by atoms with van der Waals surface area (Å²) in [4.78, 5) is 24.0. The molecule has 0 heterocycles. The summed E-state index contributed by atoms with van der Waals surface area (Å²) in [5.74, 6) is 0.287. The molecule has 0 unspecified atom stereocenters. The molecule has 1 amide bonds. The summed E-state index contributed by atoms with van der Waals surface area (Å²) in [5.41, 5.74) is 0. The van der Waals surface area contributed by atoms with Crippen LogP contribution in [0.15, 0.2) is 0 Å². The average Bonchev–Trinajstić information content (AvgIpc) is 2.16. The molecular formula is C11H21NO3. The van der Waals surface area contributed by atoms with Crippen LogP contribution in [0.3, 0.4) is 0 Å². The van der Waals surface area contributed by atoms with Crippen molar-refractivity contribution in [3.63, 3.8) is 0 Å². The van der Waals surface area contributed by atoms with Crippen LogP contribution in [0.2, 0.25) is 0 Å². The highest BCUT2D eigenvalue weighted by Crippen LogP contribution is 2.04. The van der Waals surface area contributed by atoms with Crippen molar-refractivity contribution in [3.05, 3.63) is 0 Å². The van der Waals surface area contributed by atoms with Gasteiger partial charge in [-0.05, 0) is 12.3 Å². The van der Waals surface area contributed by atoms with Gasteiger partial charge in [0.15, 0.2) is 0 Å². The fourth-order valence-electron chi connectivity index (χ4n) is 1.19. The van der Waals surface area contributed by atoms with E-state index in [0.29, 0.717) is 31.7 Å². The molecule has 0 radical (unpaired) electrons. The van der Waals surface area contributed by atoms with E-state index in [4.69, 9.17) is 0 Å². The zero-order valence-corrected chi connectivity index (χ0v) is 10.1. The maximum absolute atomic E-state index is 11.5. The Hall–Kier alpha value is -1.06. The molecule has 0 atom stereocenters. The molecule has 0 N–H and O–H groups in total. The second-order valence-corrected chi connectivity index (χ2v) is 4.09. The van der Waals surface area contributed by atoms with Gasteiger partial charge in [0.05, 0.1) is 7.11 Å². The molecule has 0 aliphatic rings. The molecule has 4 nitrogen and oxygen atoms in total. The van der Waals surface area contributed by atoms with E-state index in [0.717, 1.165) is 0 Å². The van der Waals surface area contributed by atoms with Crippen LogP contribution in [0.25, 0.3) is 0 Å². The minimum atomic E-state index is -0.222. The summed E-state index contributed by atoms with van der Waals surface area (Å²) in [6.45, 7) is 4.64. The standard InChI is InChI=1S/C11H21NO3/c1-9(2)8-10(13)12(3)7-5-6-11(14)15-4/h9H,5-8H2,1-4H3. The number of hydrogen-bond donors (Lipinski definition) is 0. The van der Waals surface area contributed by atoms with Crippen molar-refractivity contribution >= 4 is 11.9 Å². The Kier molecular flexibility index (Phi) is 6.75. The number of ether oxygens (including phenoxy) is 1. The Labute approximate surface area is 91.6 Å². The Balaban J connectivity index is 3.69. The van der Waals surface area contributed by atoms with Crippen LogP contribution in [-0.2, 0) is 14.3 Å². The number of carbonyl (C=O) groups is 2. The van der Waals surface area contributed by atoms with Gasteiger partial charge in [-0.25, -0.2) is 0 Å². The second-order valence-electron chi connectivity index (χ2n) is 4.09. The molecule has 0 aromatic carbocycles. The number of esters is 1. The molecule has 0 saturated carbocycles. The molecule has 0 bridgehead atoms. The summed E-state index contributed by atoms with van der Waals surface area (Å²) in [6.07, 6.45) is 1.59. The van der Waals surface area contributed by atoms with Crippen molar-refractivity contribution in [2.75, 3.05) is 20.7 Å². The minimum absolute atomic E-state index is 0.134. The zero-order valence-electron chi connectivity index (χ0n) is 10.1. The summed E-state index contributed by atoms with van der Waals surface area (Å²) < 4.78 is 4.51. The molecule has 0 rings (SSSR count). The lowest BCUT2D eigenvalue weighted by atomic mass is 10.1. The van der Waals surface area contributed by atoms with Crippen LogP contribution < -0.4 is 0 Å². The van der Waals surface area contributed by atoms with E-state index < -0.39 is 0 Å². The lowest BCUT2D eigenvalue weighted by Gasteiger charge is -2.17. The molecule has 0 fully saturated rings. The number of rotatable bonds is 6. The fourth-order valence-corrected chi connectivity index (χ4v) is 1.19. The Morgan fingerprint density at radius 2 is 1.93 bits per heavy atom. The predicted molar refractivity (Wildman–Crippen MR) is 58.3 cm³/mol. The molecule has 88 valence electrons. The van der Waals surface area contributed by atoms with E-state index in [2.05, 4.69) is 4.74 Å². The van der Waals surface area contributed by atoms with Gasteiger partial charge < -0.3 is 9.64 Å². The monoisotopic (exact) mass is 215 g/mol. The van der Waals surface area contributed by atoms with E-state index in [1.165, 1.54) is 7.11 Å². The maximum Gasteiger partial charge on any atom is 0.305 e. The third-order valence-corrected chi connectivity index (χ3v) is 2.11. The van der Waals surface area contributed by atoms with Gasteiger partial charge in [0.1, 0.15) is 0 Å². The van der Waals surface area contributed by atoms with Crippen molar-refractivity contribution < 1.29 is 14.3 Å². The molecule has 15 heavy (non-hydrogen) atoms. The van der Waals surface area contributed by atoms with Crippen molar-refractivity contribution in [2.24, 2.45) is 5.92 Å². The molecule has 0 aliphatic heterocycles. The highest BCUT2D eigenvalue weighted by atomic mass is 16.5. The quantitative estimate of drug-likeness (QED) is 0.630. The average molecular weight is 215 g/mol. The van der Waals surface area contributed by atoms with Gasteiger partial charge in [-0.2, -0.15) is 0 Å². The highest BCUT2D eigenvalue weighted by molar-refractivity contribution is 5.76. The SMILES string of the molecule is COC(=O)CCCN(C)C(=O)CC(C)C. The lowest BCUT2D eigenvalue weighted by Crippen LogP contribution is -2.28. The predicted octanol–water partition coefficient (Wildman–Crippen LogP) is 1.44. The number of nitrogens with zero attached hydrogens (tertiary/aromatic N) is 1. The minimum Gasteiger partial charge on any atom is -0.469 e. The van der Waals surface area contributed by atoms with Crippen LogP contribution in [-0.4, -0.2) is 37.5 Å². The second kappa shape index (κ2) is 7.26. The first-order valence-electron chi connectivity index (χ1n) is 5.28. The van der Waals surface area contributed by atoms with E-state index >= 15 is 0 Å². The first kappa shape index (κ1) is 13.9. The topological polar surface area (TPSA) is 46.6 Å². The summed E-state index contributed by atoms with van der Waals surface area (Å²) in [7, 11) is 3.14. The molecular weight excluding hydrogens is 194 g/mol. The van der Waals surface area contributed by atoms with Crippen LogP contribution in [0.5, 0.6) is 0 Å². The third kappa shape index (κ3) is 6.94. The Morgan fingerprint density at radius 3 is 2.40 bits per heavy atom. The number of hydrogen-bond acceptors (Lipinski definition) is 3. The molecule has 0 saturated heterocycles. The smallest absolute Gasteiger partial charge is 0.305 e. The lowest BCUT2D eigenvalue weighted by molar-refractivity contribution is -0.141. The van der Waals surface area contributed by atoms with Crippen molar-refractivity contribution in [1.29, 1.82) is 0 Å². The van der Waals surface area contributed by atoms with Crippen LogP contribution in [0, 0.1) is 5.92 Å². The summed E-state index contributed by atoms with van der Waals surface area (Å²) in [6, 6.07) is 0. The van der Waals surface area contributed by atoms with Crippen molar-refractivity contribution in [2.45, 2.75) is 33.1 Å². The van der Waals surface area contributed by atoms with Gasteiger partial charge in [0, 0.05) is 26.4 Å². The van der Waals surface area contributed by atoms with E-state index in [1.54, 1.807) is 11.9 Å². The van der Waals surface area contributed by atoms with Crippen LogP contribution >= 0.6 is 0 Å². The van der Waals surface area contributed by atoms with Gasteiger partial charge in [0.25, 0.3) is 0 Å². The molecule has 0 spiro atoms. The number of methoxy groups -OCH3 is 1. The van der Waals surface area contributed by atoms with Gasteiger partial charge in [0.2, 0.25) is 5.91 Å². The molecule has 0 aliphatic carbocycles. The van der Waals surface area contributed by atoms with E-state index in [9.17, 15) is 9.59 Å². The van der Waals surface area contributed by atoms with Gasteiger partial charge in [-0.1, -0.05) is 13.8 Å². The van der Waals surface area contributed by atoms with Crippen molar-refractivity contribution in [3.8, 4) is 0 Å². The first-order valence-corrected chi connectivity index (χ1v) is 5.28. The molecule has 0 aromatic heterocycles. The van der Waals surface area contributed by atoms with Gasteiger partial charge in [-0.15, -0.1) is 0 Å². The first-order chi connectivity index (χ1) is 6.97. The number of carbonyl (C=O) groups excluding carboxylic acids is 2. The highest BCUT2D eigenvalue weighted by Gasteiger charge is 2.10.